The molecule has 1 aliphatic heterocycles. The van der Waals surface area contributed by atoms with E-state index in [-0.39, 0.29) is 24.8 Å². The van der Waals surface area contributed by atoms with E-state index in [0.29, 0.717) is 12.0 Å². The lowest BCUT2D eigenvalue weighted by Gasteiger charge is -2.63. The third-order valence-corrected chi connectivity index (χ3v) is 12.6. The van der Waals surface area contributed by atoms with Crippen LogP contribution in [0.4, 0.5) is 8.78 Å². The summed E-state index contributed by atoms with van der Waals surface area (Å²) < 4.78 is 46.4. The molecule has 1 aromatic rings. The van der Waals surface area contributed by atoms with Gasteiger partial charge in [0.1, 0.15) is 12.8 Å². The molecule has 0 bridgehead atoms. The second-order valence-electron chi connectivity index (χ2n) is 14.7. The Hall–Kier alpha value is -2.30. The molecule has 10 atom stereocenters. The first-order chi connectivity index (χ1) is 20.9. The second-order valence-corrected chi connectivity index (χ2v) is 14.7. The topological polar surface area (TPSA) is 119 Å². The number of halogens is 2. The number of nitrogens with two attached hydrogens (primary N) is 1. The third-order valence-electron chi connectivity index (χ3n) is 12.6. The monoisotopic (exact) mass is 611 g/mol. The zero-order chi connectivity index (χ0) is 31.2. The van der Waals surface area contributed by atoms with Crippen molar-refractivity contribution in [2.24, 2.45) is 34.3 Å². The number of ketones is 2. The molecule has 0 spiro atoms. The van der Waals surface area contributed by atoms with E-state index in [2.05, 4.69) is 12.1 Å². The third kappa shape index (κ3) is 4.01. The highest BCUT2D eigenvalue weighted by Gasteiger charge is 2.80. The number of carbonyl (C=O) groups excluding carboxylic acids is 2. The number of Topliss-reactive ketones (excluding diaryl/α,β-unsaturated/α-hetero) is 1. The van der Waals surface area contributed by atoms with Gasteiger partial charge in [0.15, 0.2) is 29.1 Å². The molecule has 0 radical (unpaired) electrons. The predicted octanol–water partition coefficient (Wildman–Crippen LogP) is 4.39. The van der Waals surface area contributed by atoms with E-state index in [1.165, 1.54) is 17.7 Å². The fourth-order valence-electron chi connectivity index (χ4n) is 10.3. The Morgan fingerprint density at radius 1 is 1.09 bits per heavy atom. The van der Waals surface area contributed by atoms with Gasteiger partial charge in [-0.3, -0.25) is 9.59 Å². The van der Waals surface area contributed by atoms with Crippen molar-refractivity contribution in [3.8, 4) is 0 Å². The summed E-state index contributed by atoms with van der Waals surface area (Å²) in [5.74, 6) is -1.93. The maximum Gasteiger partial charge on any atom is 0.193 e. The first kappa shape index (κ1) is 30.4. The number of aliphatic hydroxyl groups excluding tert-OH is 2. The van der Waals surface area contributed by atoms with Gasteiger partial charge >= 0.3 is 0 Å². The number of hydrogen-bond donors (Lipinski definition) is 3. The number of fused-ring (bicyclic) bond motifs is 7. The molecule has 9 heteroatoms. The van der Waals surface area contributed by atoms with Gasteiger partial charge in [-0.15, -0.1) is 0 Å². The van der Waals surface area contributed by atoms with E-state index in [9.17, 15) is 19.8 Å². The van der Waals surface area contributed by atoms with Crippen molar-refractivity contribution in [3.63, 3.8) is 0 Å². The normalized spacial score (nSPS) is 47.8. The molecule has 5 fully saturated rings. The Balaban J connectivity index is 1.18. The fraction of sp³-hybridized carbons (Fsp3) is 0.657. The van der Waals surface area contributed by atoms with Gasteiger partial charge < -0.3 is 25.4 Å². The lowest BCUT2D eigenvalue weighted by atomic mass is 9.44. The Bertz CT molecular complexity index is 1410. The molecule has 1 saturated heterocycles. The molecular weight excluding hydrogens is 568 g/mol. The maximum atomic E-state index is 17.5. The summed E-state index contributed by atoms with van der Waals surface area (Å²) in [6.45, 7) is 2.54. The molecule has 1 aromatic carbocycles. The van der Waals surface area contributed by atoms with Crippen LogP contribution in [0.2, 0.25) is 0 Å². The lowest BCUT2D eigenvalue weighted by Crippen LogP contribution is -2.70. The number of hydrogen-bond acceptors (Lipinski definition) is 7. The Morgan fingerprint density at radius 2 is 1.80 bits per heavy atom. The molecule has 7 rings (SSSR count). The Labute approximate surface area is 256 Å². The van der Waals surface area contributed by atoms with E-state index in [1.807, 2.05) is 12.1 Å². The molecule has 0 unspecified atom stereocenters. The smallest absolute Gasteiger partial charge is 0.193 e. The summed E-state index contributed by atoms with van der Waals surface area (Å²) in [5.41, 5.74) is 1.48. The molecule has 0 amide bonds. The van der Waals surface area contributed by atoms with Crippen molar-refractivity contribution in [2.75, 3.05) is 6.61 Å². The zero-order valence-corrected chi connectivity index (χ0v) is 25.4. The van der Waals surface area contributed by atoms with Crippen LogP contribution >= 0.6 is 0 Å². The number of alkyl halides is 2. The van der Waals surface area contributed by atoms with Crippen LogP contribution in [0.15, 0.2) is 48.1 Å². The summed E-state index contributed by atoms with van der Waals surface area (Å²) in [5, 5.41) is 21.8. The van der Waals surface area contributed by atoms with Crippen LogP contribution in [0.5, 0.6) is 0 Å². The van der Waals surface area contributed by atoms with Crippen LogP contribution in [0, 0.1) is 28.6 Å². The van der Waals surface area contributed by atoms with Crippen molar-refractivity contribution in [1.82, 2.24) is 0 Å². The van der Waals surface area contributed by atoms with Gasteiger partial charge in [0.05, 0.1) is 12.2 Å². The van der Waals surface area contributed by atoms with Crippen molar-refractivity contribution < 1.29 is 38.1 Å². The van der Waals surface area contributed by atoms with Crippen LogP contribution in [-0.4, -0.2) is 64.1 Å². The number of carbonyl (C=O) groups is 2. The average molecular weight is 612 g/mol. The number of aliphatic hydroxyl groups is 2. The van der Waals surface area contributed by atoms with Gasteiger partial charge in [-0.1, -0.05) is 37.3 Å². The fourth-order valence-corrected chi connectivity index (χ4v) is 10.3. The molecule has 44 heavy (non-hydrogen) atoms. The van der Waals surface area contributed by atoms with Crippen LogP contribution < -0.4 is 5.73 Å². The molecule has 238 valence electrons. The minimum absolute atomic E-state index is 0.0498. The quantitative estimate of drug-likeness (QED) is 0.452. The SMILES string of the molecule is C[C@]12C=CC(=O)C=C1[C@@H](F)C[C@H]1[C@@H]3C[C@H]4O[C@@H](c5ccc(C[C@H]6CC[C@@H](N)CC6)cc5)O[C@@]4(C(=O)CO)[C@@]3(C)C[C@H](O)[C@@]12F. The number of rotatable bonds is 5. The summed E-state index contributed by atoms with van der Waals surface area (Å²) in [4.78, 5) is 25.8. The highest BCUT2D eigenvalue weighted by molar-refractivity contribution is 6.01. The number of ether oxygens (including phenoxy) is 2. The first-order valence-corrected chi connectivity index (χ1v) is 16.2. The number of allylic oxidation sites excluding steroid dienone is 4. The van der Waals surface area contributed by atoms with E-state index in [0.717, 1.165) is 43.7 Å². The van der Waals surface area contributed by atoms with Gasteiger partial charge in [-0.25, -0.2) is 8.78 Å². The highest BCUT2D eigenvalue weighted by atomic mass is 19.1. The second kappa shape index (κ2) is 10.4. The van der Waals surface area contributed by atoms with E-state index < -0.39 is 76.8 Å². The standard InChI is InChI=1S/C35H43F2NO6/c1-32-12-11-23(40)14-26(32)27(36)15-25-24-16-30-35(29(42)18-39,33(24,2)17-28(41)34(25,32)37)44-31(43-30)21-7-3-19(4-8-21)13-20-5-9-22(38)10-6-20/h3-4,7-8,11-12,14,20,22,24-25,27-28,30-31,39,41H,5-6,9-10,13,15-18,38H2,1-2H3/t20-,22+,24-,25-,27-,28-,30+,31+,32-,33-,34-,35+/m0/s1. The summed E-state index contributed by atoms with van der Waals surface area (Å²) in [7, 11) is 0. The van der Waals surface area contributed by atoms with Crippen molar-refractivity contribution in [3.05, 3.63) is 59.2 Å². The van der Waals surface area contributed by atoms with Gasteiger partial charge in [0.25, 0.3) is 0 Å². The largest absolute Gasteiger partial charge is 0.390 e. The van der Waals surface area contributed by atoms with Gasteiger partial charge in [-0.05, 0) is 93.4 Å². The summed E-state index contributed by atoms with van der Waals surface area (Å²) in [6, 6.07) is 8.28. The van der Waals surface area contributed by atoms with Crippen molar-refractivity contribution >= 4 is 11.6 Å². The highest BCUT2D eigenvalue weighted by Crippen LogP contribution is 2.72. The number of benzene rings is 1. The van der Waals surface area contributed by atoms with Crippen LogP contribution in [0.3, 0.4) is 0 Å². The summed E-state index contributed by atoms with van der Waals surface area (Å²) >= 11 is 0. The van der Waals surface area contributed by atoms with E-state index >= 15 is 8.78 Å². The first-order valence-electron chi connectivity index (χ1n) is 16.2. The Morgan fingerprint density at radius 3 is 2.48 bits per heavy atom. The minimum Gasteiger partial charge on any atom is -0.390 e. The van der Waals surface area contributed by atoms with Crippen molar-refractivity contribution in [1.29, 1.82) is 0 Å². The van der Waals surface area contributed by atoms with E-state index in [1.54, 1.807) is 13.8 Å². The van der Waals surface area contributed by atoms with Gasteiger partial charge in [-0.2, -0.15) is 0 Å². The molecule has 6 aliphatic rings. The molecule has 0 aromatic heterocycles. The molecular formula is C35H43F2NO6. The van der Waals surface area contributed by atoms with Crippen LogP contribution in [0.1, 0.15) is 76.2 Å². The predicted molar refractivity (Wildman–Crippen MR) is 158 cm³/mol. The van der Waals surface area contributed by atoms with Crippen molar-refractivity contribution in [2.45, 2.75) is 107 Å². The van der Waals surface area contributed by atoms with Crippen LogP contribution in [-0.2, 0) is 25.5 Å². The zero-order valence-electron chi connectivity index (χ0n) is 25.4. The maximum absolute atomic E-state index is 17.5. The van der Waals surface area contributed by atoms with Gasteiger partial charge in [0.2, 0.25) is 0 Å². The molecule has 4 saturated carbocycles. The minimum atomic E-state index is -2.27. The van der Waals surface area contributed by atoms with Gasteiger partial charge in [0, 0.05) is 28.4 Å². The Kier molecular flexibility index (Phi) is 7.15. The summed E-state index contributed by atoms with van der Waals surface area (Å²) in [6.07, 6.45) is 4.09. The molecule has 5 aliphatic carbocycles. The average Bonchev–Trinajstić information content (AvgIpc) is 3.50. The molecule has 7 nitrogen and oxygen atoms in total. The lowest BCUT2D eigenvalue weighted by molar-refractivity contribution is -0.235. The van der Waals surface area contributed by atoms with Crippen LogP contribution in [0.25, 0.3) is 0 Å². The molecule has 1 heterocycles. The molecule has 4 N–H and O–H groups in total. The van der Waals surface area contributed by atoms with E-state index in [4.69, 9.17) is 15.2 Å².